The zero-order valence-electron chi connectivity index (χ0n) is 11.8. The molecule has 0 aliphatic carbocycles. The van der Waals surface area contributed by atoms with E-state index in [1.165, 1.54) is 11.1 Å². The first-order valence-electron chi connectivity index (χ1n) is 6.84. The lowest BCUT2D eigenvalue weighted by Gasteiger charge is -2.08. The van der Waals surface area contributed by atoms with Crippen molar-refractivity contribution in [2.24, 2.45) is 5.92 Å². The van der Waals surface area contributed by atoms with Crippen LogP contribution in [0.25, 0.3) is 6.08 Å². The number of allylic oxidation sites excluding steroid dienone is 2. The molecule has 0 aliphatic rings. The number of benzene rings is 1. The summed E-state index contributed by atoms with van der Waals surface area (Å²) in [6, 6.07) is 10.4. The molecule has 98 valence electrons. The molecule has 0 atom stereocenters. The van der Waals surface area contributed by atoms with Gasteiger partial charge in [0.15, 0.2) is 0 Å². The Morgan fingerprint density at radius 1 is 1.22 bits per heavy atom. The third-order valence-electron chi connectivity index (χ3n) is 2.78. The molecule has 18 heavy (non-hydrogen) atoms. The largest absolute Gasteiger partial charge is 0.313 e. The Labute approximate surface area is 112 Å². The van der Waals surface area contributed by atoms with Crippen molar-refractivity contribution in [1.29, 1.82) is 0 Å². The fraction of sp³-hybridized carbons (Fsp3) is 0.412. The highest BCUT2D eigenvalue weighted by atomic mass is 14.9. The SMILES string of the molecule is CCC(=CC=Cc1ccccc1)CNCC(C)C. The monoisotopic (exact) mass is 243 g/mol. The summed E-state index contributed by atoms with van der Waals surface area (Å²) in [5.74, 6) is 0.711. The van der Waals surface area contributed by atoms with Crippen LogP contribution in [-0.4, -0.2) is 13.1 Å². The second kappa shape index (κ2) is 8.71. The lowest BCUT2D eigenvalue weighted by atomic mass is 10.1. The Morgan fingerprint density at radius 2 is 1.94 bits per heavy atom. The summed E-state index contributed by atoms with van der Waals surface area (Å²) in [6.45, 7) is 8.75. The van der Waals surface area contributed by atoms with Crippen LogP contribution in [0.15, 0.2) is 48.1 Å². The summed E-state index contributed by atoms with van der Waals surface area (Å²) in [6.07, 6.45) is 7.62. The molecule has 0 fully saturated rings. The van der Waals surface area contributed by atoms with Crippen LogP contribution in [0, 0.1) is 5.92 Å². The van der Waals surface area contributed by atoms with Crippen molar-refractivity contribution >= 4 is 6.08 Å². The summed E-state index contributed by atoms with van der Waals surface area (Å²) >= 11 is 0. The quantitative estimate of drug-likeness (QED) is 0.705. The Bertz CT molecular complexity index is 374. The molecular formula is C17H25N. The normalized spacial score (nSPS) is 12.6. The number of rotatable bonds is 7. The molecule has 1 rings (SSSR count). The van der Waals surface area contributed by atoms with Gasteiger partial charge in [0.1, 0.15) is 0 Å². The van der Waals surface area contributed by atoms with E-state index in [1.54, 1.807) is 0 Å². The van der Waals surface area contributed by atoms with E-state index in [0.29, 0.717) is 5.92 Å². The first-order chi connectivity index (χ1) is 8.72. The van der Waals surface area contributed by atoms with Crippen LogP contribution in [0.5, 0.6) is 0 Å². The van der Waals surface area contributed by atoms with Gasteiger partial charge in [0.05, 0.1) is 0 Å². The van der Waals surface area contributed by atoms with Crippen LogP contribution in [0.2, 0.25) is 0 Å². The van der Waals surface area contributed by atoms with Gasteiger partial charge in [-0.15, -0.1) is 0 Å². The molecule has 0 bridgehead atoms. The zero-order valence-corrected chi connectivity index (χ0v) is 11.8. The van der Waals surface area contributed by atoms with Gasteiger partial charge in [0.25, 0.3) is 0 Å². The average Bonchev–Trinajstić information content (AvgIpc) is 2.38. The van der Waals surface area contributed by atoms with Crippen LogP contribution in [0.1, 0.15) is 32.8 Å². The number of hydrogen-bond acceptors (Lipinski definition) is 1. The van der Waals surface area contributed by atoms with Crippen LogP contribution in [-0.2, 0) is 0 Å². The topological polar surface area (TPSA) is 12.0 Å². The van der Waals surface area contributed by atoms with Gasteiger partial charge < -0.3 is 5.32 Å². The molecule has 0 radical (unpaired) electrons. The van der Waals surface area contributed by atoms with Crippen molar-refractivity contribution in [3.63, 3.8) is 0 Å². The van der Waals surface area contributed by atoms with E-state index < -0.39 is 0 Å². The van der Waals surface area contributed by atoms with Gasteiger partial charge in [0, 0.05) is 6.54 Å². The van der Waals surface area contributed by atoms with Crippen molar-refractivity contribution in [1.82, 2.24) is 5.32 Å². The van der Waals surface area contributed by atoms with Crippen LogP contribution in [0.3, 0.4) is 0 Å². The Balaban J connectivity index is 2.44. The molecule has 1 aromatic carbocycles. The van der Waals surface area contributed by atoms with Crippen molar-refractivity contribution in [3.05, 3.63) is 53.6 Å². The predicted molar refractivity (Wildman–Crippen MR) is 81.6 cm³/mol. The van der Waals surface area contributed by atoms with E-state index in [4.69, 9.17) is 0 Å². The van der Waals surface area contributed by atoms with Crippen molar-refractivity contribution < 1.29 is 0 Å². The summed E-state index contributed by atoms with van der Waals surface area (Å²) in [5, 5.41) is 3.48. The van der Waals surface area contributed by atoms with Crippen LogP contribution >= 0.6 is 0 Å². The molecule has 0 heterocycles. The van der Waals surface area contributed by atoms with E-state index in [2.05, 4.69) is 68.6 Å². The smallest absolute Gasteiger partial charge is 0.0167 e. The molecule has 0 saturated heterocycles. The maximum atomic E-state index is 3.48. The molecular weight excluding hydrogens is 218 g/mol. The third-order valence-corrected chi connectivity index (χ3v) is 2.78. The van der Waals surface area contributed by atoms with Gasteiger partial charge in [0.2, 0.25) is 0 Å². The zero-order chi connectivity index (χ0) is 13.2. The minimum Gasteiger partial charge on any atom is -0.313 e. The average molecular weight is 243 g/mol. The molecule has 1 heteroatoms. The second-order valence-corrected chi connectivity index (χ2v) is 4.97. The minimum absolute atomic E-state index is 0.711. The van der Waals surface area contributed by atoms with Crippen LogP contribution < -0.4 is 5.32 Å². The molecule has 0 saturated carbocycles. The number of nitrogens with one attached hydrogen (secondary N) is 1. The summed E-state index contributed by atoms with van der Waals surface area (Å²) in [5.41, 5.74) is 2.70. The second-order valence-electron chi connectivity index (χ2n) is 4.97. The molecule has 0 aromatic heterocycles. The summed E-state index contributed by atoms with van der Waals surface area (Å²) in [4.78, 5) is 0. The molecule has 0 aliphatic heterocycles. The Morgan fingerprint density at radius 3 is 2.56 bits per heavy atom. The predicted octanol–water partition coefficient (Wildman–Crippen LogP) is 4.28. The standard InChI is InChI=1S/C17H25N/c1-4-16(14-18-13-15(2)3)11-8-12-17-9-6-5-7-10-17/h5-12,15,18H,4,13-14H2,1-3H3. The van der Waals surface area contributed by atoms with Gasteiger partial charge in [-0.25, -0.2) is 0 Å². The van der Waals surface area contributed by atoms with Gasteiger partial charge in [-0.05, 0) is 24.4 Å². The van der Waals surface area contributed by atoms with Crippen molar-refractivity contribution in [2.45, 2.75) is 27.2 Å². The third kappa shape index (κ3) is 6.41. The summed E-state index contributed by atoms with van der Waals surface area (Å²) < 4.78 is 0. The van der Waals surface area contributed by atoms with Crippen LogP contribution in [0.4, 0.5) is 0 Å². The van der Waals surface area contributed by atoms with E-state index in [0.717, 1.165) is 19.5 Å². The van der Waals surface area contributed by atoms with E-state index >= 15 is 0 Å². The highest BCUT2D eigenvalue weighted by Gasteiger charge is 1.95. The first kappa shape index (κ1) is 14.7. The van der Waals surface area contributed by atoms with Gasteiger partial charge in [-0.3, -0.25) is 0 Å². The van der Waals surface area contributed by atoms with E-state index in [-0.39, 0.29) is 0 Å². The molecule has 0 amide bonds. The highest BCUT2D eigenvalue weighted by molar-refractivity contribution is 5.50. The lowest BCUT2D eigenvalue weighted by Crippen LogP contribution is -2.21. The fourth-order valence-electron chi connectivity index (χ4n) is 1.68. The molecule has 1 N–H and O–H groups in total. The van der Waals surface area contributed by atoms with E-state index in [9.17, 15) is 0 Å². The maximum absolute atomic E-state index is 3.48. The molecule has 0 unspecified atom stereocenters. The summed E-state index contributed by atoms with van der Waals surface area (Å²) in [7, 11) is 0. The van der Waals surface area contributed by atoms with Gasteiger partial charge in [-0.1, -0.05) is 74.9 Å². The fourth-order valence-corrected chi connectivity index (χ4v) is 1.68. The van der Waals surface area contributed by atoms with Gasteiger partial charge in [-0.2, -0.15) is 0 Å². The molecule has 1 aromatic rings. The van der Waals surface area contributed by atoms with Gasteiger partial charge >= 0.3 is 0 Å². The lowest BCUT2D eigenvalue weighted by molar-refractivity contribution is 0.568. The Hall–Kier alpha value is -1.34. The minimum atomic E-state index is 0.711. The van der Waals surface area contributed by atoms with Crippen molar-refractivity contribution in [2.75, 3.05) is 13.1 Å². The Kier molecular flexibility index (Phi) is 7.12. The number of hydrogen-bond donors (Lipinski definition) is 1. The molecule has 1 nitrogen and oxygen atoms in total. The maximum Gasteiger partial charge on any atom is 0.0167 e. The van der Waals surface area contributed by atoms with E-state index in [1.807, 2.05) is 6.07 Å². The highest BCUT2D eigenvalue weighted by Crippen LogP contribution is 2.04. The first-order valence-corrected chi connectivity index (χ1v) is 6.84. The van der Waals surface area contributed by atoms with Crippen molar-refractivity contribution in [3.8, 4) is 0 Å². The molecule has 0 spiro atoms.